The summed E-state index contributed by atoms with van der Waals surface area (Å²) in [6.45, 7) is 5.32. The number of amides is 1. The van der Waals surface area contributed by atoms with Gasteiger partial charge in [0.15, 0.2) is 0 Å². The molecular weight excluding hydrogens is 224 g/mol. The summed E-state index contributed by atoms with van der Waals surface area (Å²) >= 11 is 0. The average molecular weight is 250 g/mol. The topological polar surface area (TPSA) is 32.3 Å². The monoisotopic (exact) mass is 250 g/mol. The first-order chi connectivity index (χ1) is 8.75. The van der Waals surface area contributed by atoms with Gasteiger partial charge in [0.2, 0.25) is 5.91 Å². The minimum Gasteiger partial charge on any atom is -0.339 e. The highest BCUT2D eigenvalue weighted by molar-refractivity contribution is 5.83. The summed E-state index contributed by atoms with van der Waals surface area (Å²) in [5.74, 6) is 1.32. The Labute approximate surface area is 110 Å². The van der Waals surface area contributed by atoms with Gasteiger partial charge in [-0.05, 0) is 57.5 Å². The lowest BCUT2D eigenvalue weighted by atomic mass is 9.74. The number of hydrogen-bond donors (Lipinski definition) is 1. The van der Waals surface area contributed by atoms with Gasteiger partial charge in [0.05, 0.1) is 5.41 Å². The molecule has 3 heteroatoms. The number of piperidine rings is 2. The number of rotatable bonds is 3. The first-order valence-electron chi connectivity index (χ1n) is 7.77. The van der Waals surface area contributed by atoms with E-state index in [9.17, 15) is 4.79 Å². The zero-order valence-corrected chi connectivity index (χ0v) is 11.6. The third kappa shape index (κ3) is 1.97. The molecule has 2 atom stereocenters. The number of likely N-dealkylation sites (tertiary alicyclic amines) is 1. The van der Waals surface area contributed by atoms with Crippen LogP contribution in [-0.4, -0.2) is 36.5 Å². The molecule has 3 fully saturated rings. The van der Waals surface area contributed by atoms with Crippen LogP contribution in [0.15, 0.2) is 0 Å². The second-order valence-electron chi connectivity index (χ2n) is 6.57. The highest BCUT2D eigenvalue weighted by atomic mass is 16.2. The molecule has 0 radical (unpaired) electrons. The van der Waals surface area contributed by atoms with E-state index in [0.717, 1.165) is 51.2 Å². The van der Waals surface area contributed by atoms with E-state index in [1.165, 1.54) is 19.3 Å². The second-order valence-corrected chi connectivity index (χ2v) is 6.57. The number of fused-ring (bicyclic) bond motifs is 2. The van der Waals surface area contributed by atoms with E-state index in [1.807, 2.05) is 0 Å². The zero-order chi connectivity index (χ0) is 12.6. The van der Waals surface area contributed by atoms with Crippen molar-refractivity contribution in [3.63, 3.8) is 0 Å². The lowest BCUT2D eigenvalue weighted by Gasteiger charge is -2.41. The largest absolute Gasteiger partial charge is 0.339 e. The van der Waals surface area contributed by atoms with Gasteiger partial charge in [-0.2, -0.15) is 0 Å². The first kappa shape index (κ1) is 12.5. The van der Waals surface area contributed by atoms with E-state index < -0.39 is 0 Å². The number of carbonyl (C=O) groups is 1. The van der Waals surface area contributed by atoms with Crippen molar-refractivity contribution >= 4 is 5.91 Å². The quantitative estimate of drug-likeness (QED) is 0.832. The van der Waals surface area contributed by atoms with E-state index in [4.69, 9.17) is 0 Å². The van der Waals surface area contributed by atoms with Gasteiger partial charge in [-0.3, -0.25) is 4.79 Å². The van der Waals surface area contributed by atoms with Crippen LogP contribution in [0.25, 0.3) is 0 Å². The molecule has 0 aromatic heterocycles. The molecule has 1 saturated carbocycles. The van der Waals surface area contributed by atoms with Crippen molar-refractivity contribution in [3.05, 3.63) is 0 Å². The highest BCUT2D eigenvalue weighted by Crippen LogP contribution is 2.43. The third-order valence-corrected chi connectivity index (χ3v) is 5.41. The SMILES string of the molecule is CCCC1(C(=O)N2CC3CCC2C3)CCNCC1. The van der Waals surface area contributed by atoms with Gasteiger partial charge in [0, 0.05) is 12.6 Å². The molecule has 2 bridgehead atoms. The molecule has 2 heterocycles. The fraction of sp³-hybridized carbons (Fsp3) is 0.933. The van der Waals surface area contributed by atoms with E-state index >= 15 is 0 Å². The van der Waals surface area contributed by atoms with Crippen molar-refractivity contribution in [2.45, 2.75) is 57.9 Å². The summed E-state index contributed by atoms with van der Waals surface area (Å²) in [7, 11) is 0. The Morgan fingerprint density at radius 2 is 2.11 bits per heavy atom. The minimum atomic E-state index is -0.0233. The summed E-state index contributed by atoms with van der Waals surface area (Å²) < 4.78 is 0. The standard InChI is InChI=1S/C15H26N2O/c1-2-5-15(6-8-16-9-7-15)14(18)17-11-12-3-4-13(17)10-12/h12-13,16H,2-11H2,1H3. The van der Waals surface area contributed by atoms with Crippen LogP contribution < -0.4 is 5.32 Å². The average Bonchev–Trinajstić information content (AvgIpc) is 3.01. The van der Waals surface area contributed by atoms with Crippen molar-refractivity contribution in [3.8, 4) is 0 Å². The van der Waals surface area contributed by atoms with Crippen LogP contribution in [0, 0.1) is 11.3 Å². The Hall–Kier alpha value is -0.570. The number of carbonyl (C=O) groups excluding carboxylic acids is 1. The van der Waals surface area contributed by atoms with Gasteiger partial charge >= 0.3 is 0 Å². The Bertz CT molecular complexity index is 317. The lowest BCUT2D eigenvalue weighted by Crippen LogP contribution is -2.51. The fourth-order valence-corrected chi connectivity index (χ4v) is 4.43. The summed E-state index contributed by atoms with van der Waals surface area (Å²) in [5, 5.41) is 3.41. The van der Waals surface area contributed by atoms with Gasteiger partial charge in [-0.1, -0.05) is 13.3 Å². The molecule has 2 saturated heterocycles. The van der Waals surface area contributed by atoms with Crippen LogP contribution in [0.2, 0.25) is 0 Å². The number of nitrogens with zero attached hydrogens (tertiary/aromatic N) is 1. The third-order valence-electron chi connectivity index (χ3n) is 5.41. The molecule has 2 unspecified atom stereocenters. The smallest absolute Gasteiger partial charge is 0.229 e. The molecule has 0 aromatic carbocycles. The predicted octanol–water partition coefficient (Wildman–Crippen LogP) is 2.17. The summed E-state index contributed by atoms with van der Waals surface area (Å²) in [6.07, 6.45) is 8.22. The molecule has 3 nitrogen and oxygen atoms in total. The number of hydrogen-bond acceptors (Lipinski definition) is 2. The Morgan fingerprint density at radius 1 is 1.33 bits per heavy atom. The summed E-state index contributed by atoms with van der Waals surface area (Å²) in [4.78, 5) is 15.3. The van der Waals surface area contributed by atoms with Gasteiger partial charge in [0.25, 0.3) is 0 Å². The van der Waals surface area contributed by atoms with E-state index in [1.54, 1.807) is 0 Å². The van der Waals surface area contributed by atoms with Crippen molar-refractivity contribution in [1.29, 1.82) is 0 Å². The maximum atomic E-state index is 13.0. The van der Waals surface area contributed by atoms with Gasteiger partial charge in [-0.25, -0.2) is 0 Å². The number of nitrogens with one attached hydrogen (secondary N) is 1. The lowest BCUT2D eigenvalue weighted by molar-refractivity contribution is -0.146. The van der Waals surface area contributed by atoms with Crippen LogP contribution in [0.3, 0.4) is 0 Å². The van der Waals surface area contributed by atoms with Crippen molar-refractivity contribution < 1.29 is 4.79 Å². The van der Waals surface area contributed by atoms with E-state index in [0.29, 0.717) is 11.9 Å². The molecule has 3 aliphatic rings. The zero-order valence-electron chi connectivity index (χ0n) is 11.6. The predicted molar refractivity (Wildman–Crippen MR) is 72.3 cm³/mol. The van der Waals surface area contributed by atoms with Crippen LogP contribution in [-0.2, 0) is 4.79 Å². The van der Waals surface area contributed by atoms with Crippen molar-refractivity contribution in [1.82, 2.24) is 10.2 Å². The highest BCUT2D eigenvalue weighted by Gasteiger charge is 2.47. The molecule has 18 heavy (non-hydrogen) atoms. The fourth-order valence-electron chi connectivity index (χ4n) is 4.43. The van der Waals surface area contributed by atoms with E-state index in [2.05, 4.69) is 17.1 Å². The van der Waals surface area contributed by atoms with Gasteiger partial charge in [0.1, 0.15) is 0 Å². The maximum Gasteiger partial charge on any atom is 0.229 e. The first-order valence-corrected chi connectivity index (χ1v) is 7.77. The molecule has 0 aromatic rings. The van der Waals surface area contributed by atoms with Crippen LogP contribution in [0.5, 0.6) is 0 Å². The van der Waals surface area contributed by atoms with Gasteiger partial charge < -0.3 is 10.2 Å². The molecule has 0 spiro atoms. The molecule has 3 rings (SSSR count). The Balaban J connectivity index is 1.75. The second kappa shape index (κ2) is 4.84. The molecule has 2 aliphatic heterocycles. The Kier molecular flexibility index (Phi) is 3.35. The van der Waals surface area contributed by atoms with Crippen molar-refractivity contribution in [2.75, 3.05) is 19.6 Å². The van der Waals surface area contributed by atoms with Crippen LogP contribution >= 0.6 is 0 Å². The van der Waals surface area contributed by atoms with Crippen molar-refractivity contribution in [2.24, 2.45) is 11.3 Å². The molecule has 1 aliphatic carbocycles. The van der Waals surface area contributed by atoms with E-state index in [-0.39, 0.29) is 5.41 Å². The molecule has 1 amide bonds. The summed E-state index contributed by atoms with van der Waals surface area (Å²) in [6, 6.07) is 0.589. The van der Waals surface area contributed by atoms with Gasteiger partial charge in [-0.15, -0.1) is 0 Å². The molecular formula is C15H26N2O. The Morgan fingerprint density at radius 3 is 2.67 bits per heavy atom. The van der Waals surface area contributed by atoms with Crippen LogP contribution in [0.4, 0.5) is 0 Å². The van der Waals surface area contributed by atoms with Crippen LogP contribution in [0.1, 0.15) is 51.9 Å². The minimum absolute atomic E-state index is 0.0233. The molecule has 1 N–H and O–H groups in total. The summed E-state index contributed by atoms with van der Waals surface area (Å²) in [5.41, 5.74) is -0.0233. The maximum absolute atomic E-state index is 13.0. The molecule has 102 valence electrons. The normalized spacial score (nSPS) is 33.9.